The molecule has 0 radical (unpaired) electrons. The summed E-state index contributed by atoms with van der Waals surface area (Å²) in [5.74, 6) is 0.776. The molecule has 0 aromatic heterocycles. The van der Waals surface area contributed by atoms with Crippen LogP contribution in [0.1, 0.15) is 20.3 Å². The van der Waals surface area contributed by atoms with E-state index < -0.39 is 0 Å². The second-order valence-corrected chi connectivity index (χ2v) is 3.98. The summed E-state index contributed by atoms with van der Waals surface area (Å²) in [6.45, 7) is 7.10. The molecule has 0 atom stereocenters. The van der Waals surface area contributed by atoms with Crippen molar-refractivity contribution in [3.63, 3.8) is 0 Å². The van der Waals surface area contributed by atoms with Gasteiger partial charge in [0.05, 0.1) is 13.2 Å². The summed E-state index contributed by atoms with van der Waals surface area (Å²) >= 11 is 0. The van der Waals surface area contributed by atoms with Crippen LogP contribution >= 0.6 is 0 Å². The molecule has 0 bridgehead atoms. The van der Waals surface area contributed by atoms with E-state index in [9.17, 15) is 0 Å². The Morgan fingerprint density at radius 1 is 1.50 bits per heavy atom. The highest BCUT2D eigenvalue weighted by Crippen LogP contribution is 2.27. The van der Waals surface area contributed by atoms with Gasteiger partial charge in [-0.3, -0.25) is 0 Å². The summed E-state index contributed by atoms with van der Waals surface area (Å²) in [6.07, 6.45) is 1.21. The average Bonchev–Trinajstić information content (AvgIpc) is 1.80. The minimum Gasteiger partial charge on any atom is -0.381 e. The molecule has 0 saturated carbocycles. The number of hydrogen-bond acceptors (Lipinski definition) is 2. The van der Waals surface area contributed by atoms with E-state index >= 15 is 0 Å². The zero-order valence-electron chi connectivity index (χ0n) is 6.89. The fourth-order valence-electron chi connectivity index (χ4n) is 1.27. The van der Waals surface area contributed by atoms with Gasteiger partial charge in [0.1, 0.15) is 0 Å². The zero-order chi connectivity index (χ0) is 7.61. The molecule has 60 valence electrons. The van der Waals surface area contributed by atoms with Crippen LogP contribution < -0.4 is 5.73 Å². The van der Waals surface area contributed by atoms with Gasteiger partial charge in [-0.1, -0.05) is 13.8 Å². The molecule has 1 rings (SSSR count). The van der Waals surface area contributed by atoms with Crippen LogP contribution in [-0.2, 0) is 4.74 Å². The Bertz CT molecular complexity index is 108. The van der Waals surface area contributed by atoms with Crippen LogP contribution in [0.3, 0.4) is 0 Å². The third-order valence-electron chi connectivity index (χ3n) is 2.10. The van der Waals surface area contributed by atoms with Gasteiger partial charge in [0.25, 0.3) is 0 Å². The highest BCUT2D eigenvalue weighted by atomic mass is 16.5. The lowest BCUT2D eigenvalue weighted by Gasteiger charge is -2.33. The van der Waals surface area contributed by atoms with Crippen LogP contribution in [0.2, 0.25) is 0 Å². The molecule has 1 aliphatic rings. The van der Waals surface area contributed by atoms with Gasteiger partial charge in [0.2, 0.25) is 0 Å². The van der Waals surface area contributed by atoms with E-state index in [1.54, 1.807) is 0 Å². The lowest BCUT2D eigenvalue weighted by atomic mass is 9.82. The van der Waals surface area contributed by atoms with Crippen LogP contribution in [0.25, 0.3) is 0 Å². The highest BCUT2D eigenvalue weighted by Gasteiger charge is 2.26. The van der Waals surface area contributed by atoms with Gasteiger partial charge in [-0.05, 0) is 18.4 Å². The van der Waals surface area contributed by atoms with Crippen LogP contribution in [0, 0.1) is 11.3 Å². The summed E-state index contributed by atoms with van der Waals surface area (Å²) in [6, 6.07) is 0. The Labute approximate surface area is 62.7 Å². The first kappa shape index (κ1) is 8.02. The fraction of sp³-hybridized carbons (Fsp3) is 1.00. The van der Waals surface area contributed by atoms with Crippen LogP contribution in [0.5, 0.6) is 0 Å². The smallest absolute Gasteiger partial charge is 0.0516 e. The van der Waals surface area contributed by atoms with Gasteiger partial charge in [-0.25, -0.2) is 0 Å². The van der Waals surface area contributed by atoms with Gasteiger partial charge in [0.15, 0.2) is 0 Å². The maximum absolute atomic E-state index is 5.59. The van der Waals surface area contributed by atoms with Gasteiger partial charge in [-0.15, -0.1) is 0 Å². The molecule has 0 aromatic carbocycles. The van der Waals surface area contributed by atoms with Gasteiger partial charge < -0.3 is 10.5 Å². The maximum atomic E-state index is 5.59. The molecule has 0 aromatic rings. The number of nitrogens with two attached hydrogens (primary N) is 1. The third-order valence-corrected chi connectivity index (χ3v) is 2.10. The monoisotopic (exact) mass is 143 g/mol. The molecule has 2 heteroatoms. The SMILES string of the molecule is CC(C)(CN)CC1COC1. The van der Waals surface area contributed by atoms with Gasteiger partial charge in [0, 0.05) is 5.92 Å². The van der Waals surface area contributed by atoms with Crippen LogP contribution in [0.15, 0.2) is 0 Å². The molecule has 0 spiro atoms. The van der Waals surface area contributed by atoms with E-state index in [1.807, 2.05) is 0 Å². The summed E-state index contributed by atoms with van der Waals surface area (Å²) in [5.41, 5.74) is 5.91. The van der Waals surface area contributed by atoms with Crippen molar-refractivity contribution in [2.75, 3.05) is 19.8 Å². The minimum atomic E-state index is 0.314. The number of hydrogen-bond donors (Lipinski definition) is 1. The predicted molar refractivity (Wildman–Crippen MR) is 41.8 cm³/mol. The Hall–Kier alpha value is -0.0800. The first-order valence-corrected chi connectivity index (χ1v) is 3.92. The first-order valence-electron chi connectivity index (χ1n) is 3.92. The molecule has 0 aliphatic carbocycles. The normalized spacial score (nSPS) is 20.7. The first-order chi connectivity index (χ1) is 4.64. The topological polar surface area (TPSA) is 35.2 Å². The number of rotatable bonds is 3. The van der Waals surface area contributed by atoms with E-state index in [0.29, 0.717) is 5.41 Å². The van der Waals surface area contributed by atoms with Crippen LogP contribution in [0.4, 0.5) is 0 Å². The molecule has 0 unspecified atom stereocenters. The van der Waals surface area contributed by atoms with Crippen molar-refractivity contribution in [3.05, 3.63) is 0 Å². The second-order valence-electron chi connectivity index (χ2n) is 3.98. The summed E-state index contributed by atoms with van der Waals surface area (Å²) in [4.78, 5) is 0. The summed E-state index contributed by atoms with van der Waals surface area (Å²) < 4.78 is 5.08. The van der Waals surface area contributed by atoms with Crippen molar-refractivity contribution < 1.29 is 4.74 Å². The molecule has 10 heavy (non-hydrogen) atoms. The maximum Gasteiger partial charge on any atom is 0.0516 e. The Balaban J connectivity index is 2.21. The molecule has 1 saturated heterocycles. The van der Waals surface area contributed by atoms with E-state index in [-0.39, 0.29) is 0 Å². The molecule has 2 N–H and O–H groups in total. The van der Waals surface area contributed by atoms with Crippen molar-refractivity contribution in [1.82, 2.24) is 0 Å². The van der Waals surface area contributed by atoms with E-state index in [0.717, 1.165) is 25.7 Å². The molecular weight excluding hydrogens is 126 g/mol. The molecule has 1 heterocycles. The predicted octanol–water partition coefficient (Wildman–Crippen LogP) is 1.01. The third kappa shape index (κ3) is 1.96. The van der Waals surface area contributed by atoms with Crippen molar-refractivity contribution in [2.24, 2.45) is 17.1 Å². The lowest BCUT2D eigenvalue weighted by Crippen LogP contribution is -2.35. The van der Waals surface area contributed by atoms with E-state index in [1.165, 1.54) is 6.42 Å². The van der Waals surface area contributed by atoms with E-state index in [4.69, 9.17) is 10.5 Å². The Morgan fingerprint density at radius 2 is 2.10 bits per heavy atom. The lowest BCUT2D eigenvalue weighted by molar-refractivity contribution is -0.0495. The van der Waals surface area contributed by atoms with Crippen molar-refractivity contribution in [1.29, 1.82) is 0 Å². The summed E-state index contributed by atoms with van der Waals surface area (Å²) in [7, 11) is 0. The quantitative estimate of drug-likeness (QED) is 0.640. The standard InChI is InChI=1S/C8H17NO/c1-8(2,6-9)3-7-4-10-5-7/h7H,3-6,9H2,1-2H3. The van der Waals surface area contributed by atoms with Gasteiger partial charge in [-0.2, -0.15) is 0 Å². The average molecular weight is 143 g/mol. The van der Waals surface area contributed by atoms with Crippen molar-refractivity contribution >= 4 is 0 Å². The van der Waals surface area contributed by atoms with E-state index in [2.05, 4.69) is 13.8 Å². The van der Waals surface area contributed by atoms with Crippen molar-refractivity contribution in [3.8, 4) is 0 Å². The highest BCUT2D eigenvalue weighted by molar-refractivity contribution is 4.77. The molecule has 1 aliphatic heterocycles. The van der Waals surface area contributed by atoms with Crippen molar-refractivity contribution in [2.45, 2.75) is 20.3 Å². The Kier molecular flexibility index (Phi) is 2.32. The molecule has 1 fully saturated rings. The Morgan fingerprint density at radius 3 is 2.40 bits per heavy atom. The summed E-state index contributed by atoms with van der Waals surface area (Å²) in [5, 5.41) is 0. The number of ether oxygens (including phenoxy) is 1. The van der Waals surface area contributed by atoms with Gasteiger partial charge >= 0.3 is 0 Å². The molecule has 2 nitrogen and oxygen atoms in total. The van der Waals surface area contributed by atoms with Crippen LogP contribution in [-0.4, -0.2) is 19.8 Å². The fourth-order valence-corrected chi connectivity index (χ4v) is 1.27. The zero-order valence-corrected chi connectivity index (χ0v) is 6.89. The largest absolute Gasteiger partial charge is 0.381 e. The minimum absolute atomic E-state index is 0.314. The molecule has 0 amide bonds. The second kappa shape index (κ2) is 2.89. The molecular formula is C8H17NO.